The third kappa shape index (κ3) is 6.22. The van der Waals surface area contributed by atoms with E-state index in [9.17, 15) is 14.0 Å². The van der Waals surface area contributed by atoms with Gasteiger partial charge < -0.3 is 24.4 Å². The second-order valence-electron chi connectivity index (χ2n) is 7.95. The lowest BCUT2D eigenvalue weighted by Gasteiger charge is -2.29. The lowest BCUT2D eigenvalue weighted by molar-refractivity contribution is -0.142. The first kappa shape index (κ1) is 24.3. The molecule has 1 aliphatic rings. The largest absolute Gasteiger partial charge is 0.482 e. The molecule has 0 aliphatic carbocycles. The van der Waals surface area contributed by atoms with E-state index < -0.39 is 11.9 Å². The van der Waals surface area contributed by atoms with E-state index >= 15 is 0 Å². The van der Waals surface area contributed by atoms with Crippen LogP contribution in [0.15, 0.2) is 66.7 Å². The van der Waals surface area contributed by atoms with Crippen LogP contribution in [-0.4, -0.2) is 36.2 Å². The Kier molecular flexibility index (Phi) is 7.72. The Morgan fingerprint density at radius 1 is 1.06 bits per heavy atom. The fourth-order valence-corrected chi connectivity index (χ4v) is 3.73. The minimum Gasteiger partial charge on any atom is -0.482 e. The molecule has 9 heteroatoms. The maximum atomic E-state index is 13.4. The third-order valence-corrected chi connectivity index (χ3v) is 5.84. The molecule has 35 heavy (non-hydrogen) atoms. The lowest BCUT2D eigenvalue weighted by Crippen LogP contribution is -2.48. The van der Waals surface area contributed by atoms with Crippen LogP contribution in [0.4, 0.5) is 4.39 Å². The molecule has 0 saturated heterocycles. The van der Waals surface area contributed by atoms with Crippen molar-refractivity contribution in [1.29, 1.82) is 0 Å². The van der Waals surface area contributed by atoms with Gasteiger partial charge in [-0.05, 0) is 54.4 Å². The monoisotopic (exact) mass is 498 g/mol. The zero-order valence-corrected chi connectivity index (χ0v) is 19.8. The molecule has 1 N–H and O–H groups in total. The molecule has 0 bridgehead atoms. The van der Waals surface area contributed by atoms with Gasteiger partial charge in [0, 0.05) is 13.1 Å². The number of hydrogen-bond acceptors (Lipinski definition) is 5. The molecule has 4 rings (SSSR count). The van der Waals surface area contributed by atoms with Crippen LogP contribution in [0.25, 0.3) is 0 Å². The standard InChI is InChI=1S/C26H24ClFN2O5/c1-17(26(32)29-13-19-8-11-23-24(12-19)35-16-34-23)30(14-18-6-9-20(28)10-7-18)25(31)15-33-22-5-3-2-4-21(22)27/h2-12,17H,13-16H2,1H3,(H,29,32). The number of ether oxygens (including phenoxy) is 3. The highest BCUT2D eigenvalue weighted by Crippen LogP contribution is 2.32. The molecule has 3 aromatic carbocycles. The summed E-state index contributed by atoms with van der Waals surface area (Å²) in [4.78, 5) is 27.5. The van der Waals surface area contributed by atoms with Gasteiger partial charge in [0.25, 0.3) is 5.91 Å². The molecule has 3 aromatic rings. The van der Waals surface area contributed by atoms with Crippen molar-refractivity contribution in [3.63, 3.8) is 0 Å². The number of halogens is 2. The van der Waals surface area contributed by atoms with Crippen LogP contribution in [0, 0.1) is 5.82 Å². The Labute approximate surface area is 207 Å². The number of rotatable bonds is 9. The average Bonchev–Trinajstić information content (AvgIpc) is 3.34. The van der Waals surface area contributed by atoms with Gasteiger partial charge in [-0.25, -0.2) is 4.39 Å². The van der Waals surface area contributed by atoms with Crippen molar-refractivity contribution in [3.8, 4) is 17.2 Å². The van der Waals surface area contributed by atoms with Crippen molar-refractivity contribution >= 4 is 23.4 Å². The Morgan fingerprint density at radius 3 is 2.54 bits per heavy atom. The van der Waals surface area contributed by atoms with E-state index in [-0.39, 0.29) is 38.2 Å². The fourth-order valence-electron chi connectivity index (χ4n) is 3.54. The van der Waals surface area contributed by atoms with Gasteiger partial charge in [-0.15, -0.1) is 0 Å². The normalized spacial score (nSPS) is 12.7. The van der Waals surface area contributed by atoms with E-state index in [0.29, 0.717) is 27.8 Å². The van der Waals surface area contributed by atoms with Crippen LogP contribution in [0.2, 0.25) is 5.02 Å². The Hall–Kier alpha value is -3.78. The highest BCUT2D eigenvalue weighted by molar-refractivity contribution is 6.32. The fraction of sp³-hybridized carbons (Fsp3) is 0.231. The summed E-state index contributed by atoms with van der Waals surface area (Å²) in [5.74, 6) is 0.487. The summed E-state index contributed by atoms with van der Waals surface area (Å²) in [6, 6.07) is 17.2. The van der Waals surface area contributed by atoms with Gasteiger partial charge in [0.15, 0.2) is 18.1 Å². The van der Waals surface area contributed by atoms with Gasteiger partial charge in [0.2, 0.25) is 12.7 Å². The highest BCUT2D eigenvalue weighted by Gasteiger charge is 2.27. The van der Waals surface area contributed by atoms with E-state index in [1.165, 1.54) is 17.0 Å². The van der Waals surface area contributed by atoms with E-state index in [0.717, 1.165) is 5.56 Å². The summed E-state index contributed by atoms with van der Waals surface area (Å²) in [5.41, 5.74) is 1.50. The van der Waals surface area contributed by atoms with Crippen molar-refractivity contribution in [2.24, 2.45) is 0 Å². The molecule has 0 radical (unpaired) electrons. The van der Waals surface area contributed by atoms with Crippen LogP contribution in [0.3, 0.4) is 0 Å². The number of hydrogen-bond donors (Lipinski definition) is 1. The Bertz CT molecular complexity index is 1200. The molecule has 0 saturated carbocycles. The van der Waals surface area contributed by atoms with Crippen molar-refractivity contribution in [3.05, 3.63) is 88.7 Å². The van der Waals surface area contributed by atoms with Crippen molar-refractivity contribution < 1.29 is 28.2 Å². The molecular weight excluding hydrogens is 475 g/mol. The van der Waals surface area contributed by atoms with Gasteiger partial charge >= 0.3 is 0 Å². The quantitative estimate of drug-likeness (QED) is 0.475. The smallest absolute Gasteiger partial charge is 0.261 e. The van der Waals surface area contributed by atoms with Crippen molar-refractivity contribution in [1.82, 2.24) is 10.2 Å². The lowest BCUT2D eigenvalue weighted by atomic mass is 10.1. The topological polar surface area (TPSA) is 77.1 Å². The molecule has 1 atom stereocenters. The zero-order valence-electron chi connectivity index (χ0n) is 19.0. The summed E-state index contributed by atoms with van der Waals surface area (Å²) in [6.07, 6.45) is 0. The van der Waals surface area contributed by atoms with Gasteiger partial charge in [-0.3, -0.25) is 9.59 Å². The molecule has 182 valence electrons. The summed E-state index contributed by atoms with van der Waals surface area (Å²) >= 11 is 6.11. The minimum absolute atomic E-state index is 0.101. The summed E-state index contributed by atoms with van der Waals surface area (Å²) in [5, 5.41) is 3.23. The first-order valence-electron chi connectivity index (χ1n) is 11.0. The van der Waals surface area contributed by atoms with Gasteiger partial charge in [0.05, 0.1) is 5.02 Å². The van der Waals surface area contributed by atoms with Gasteiger partial charge in [-0.1, -0.05) is 41.9 Å². The predicted octanol–water partition coefficient (Wildman–Crippen LogP) is 4.32. The summed E-state index contributed by atoms with van der Waals surface area (Å²) in [7, 11) is 0. The molecule has 0 spiro atoms. The van der Waals surface area contributed by atoms with Crippen LogP contribution in [0.1, 0.15) is 18.1 Å². The molecule has 0 fully saturated rings. The van der Waals surface area contributed by atoms with E-state index in [1.807, 2.05) is 6.07 Å². The van der Waals surface area contributed by atoms with E-state index in [4.69, 9.17) is 25.8 Å². The molecule has 2 amide bonds. The number of benzene rings is 3. The van der Waals surface area contributed by atoms with Crippen molar-refractivity contribution in [2.75, 3.05) is 13.4 Å². The second kappa shape index (κ2) is 11.1. The van der Waals surface area contributed by atoms with Crippen LogP contribution < -0.4 is 19.5 Å². The number of amides is 2. The van der Waals surface area contributed by atoms with Crippen LogP contribution in [0.5, 0.6) is 17.2 Å². The number of carbonyl (C=O) groups excluding carboxylic acids is 2. The van der Waals surface area contributed by atoms with E-state index in [2.05, 4.69) is 5.32 Å². The van der Waals surface area contributed by atoms with Crippen molar-refractivity contribution in [2.45, 2.75) is 26.1 Å². The second-order valence-corrected chi connectivity index (χ2v) is 8.36. The minimum atomic E-state index is -0.823. The maximum Gasteiger partial charge on any atom is 0.261 e. The molecule has 1 heterocycles. The number of nitrogens with zero attached hydrogens (tertiary/aromatic N) is 1. The first-order chi connectivity index (χ1) is 16.9. The number of fused-ring (bicyclic) bond motifs is 1. The maximum absolute atomic E-state index is 13.4. The highest BCUT2D eigenvalue weighted by atomic mass is 35.5. The van der Waals surface area contributed by atoms with E-state index in [1.54, 1.807) is 55.5 Å². The molecular formula is C26H24ClFN2O5. The molecule has 0 aromatic heterocycles. The molecule has 1 aliphatic heterocycles. The predicted molar refractivity (Wildman–Crippen MR) is 128 cm³/mol. The summed E-state index contributed by atoms with van der Waals surface area (Å²) < 4.78 is 29.6. The number of nitrogens with one attached hydrogen (secondary N) is 1. The average molecular weight is 499 g/mol. The van der Waals surface area contributed by atoms with Gasteiger partial charge in [0.1, 0.15) is 17.6 Å². The van der Waals surface area contributed by atoms with Crippen LogP contribution in [-0.2, 0) is 22.7 Å². The summed E-state index contributed by atoms with van der Waals surface area (Å²) in [6.45, 7) is 1.83. The Morgan fingerprint density at radius 2 is 1.77 bits per heavy atom. The van der Waals surface area contributed by atoms with Crippen LogP contribution >= 0.6 is 11.6 Å². The molecule has 1 unspecified atom stereocenters. The number of carbonyl (C=O) groups is 2. The number of para-hydroxylation sites is 1. The zero-order chi connectivity index (χ0) is 24.8. The van der Waals surface area contributed by atoms with Gasteiger partial charge in [-0.2, -0.15) is 0 Å². The SMILES string of the molecule is CC(C(=O)NCc1ccc2c(c1)OCO2)N(Cc1ccc(F)cc1)C(=O)COc1ccccc1Cl. The molecule has 7 nitrogen and oxygen atoms in total. The Balaban J connectivity index is 1.44. The first-order valence-corrected chi connectivity index (χ1v) is 11.4. The third-order valence-electron chi connectivity index (χ3n) is 5.52.